The van der Waals surface area contributed by atoms with Crippen molar-refractivity contribution in [1.29, 1.82) is 0 Å². The van der Waals surface area contributed by atoms with Gasteiger partial charge in [-0.2, -0.15) is 18.2 Å². The van der Waals surface area contributed by atoms with Crippen LogP contribution in [0.25, 0.3) is 11.5 Å². The van der Waals surface area contributed by atoms with Crippen LogP contribution in [-0.2, 0) is 10.3 Å². The maximum absolute atomic E-state index is 14.0. The third-order valence-corrected chi connectivity index (χ3v) is 5.36. The molecule has 3 aromatic rings. The number of carbonyl (C=O) groups excluding carboxylic acids is 1. The summed E-state index contributed by atoms with van der Waals surface area (Å²) in [4.78, 5) is 19.2. The molecule has 7 nitrogen and oxygen atoms in total. The van der Waals surface area contributed by atoms with Crippen LogP contribution in [-0.4, -0.2) is 39.0 Å². The number of rotatable bonds is 6. The highest BCUT2D eigenvalue weighted by molar-refractivity contribution is 6.31. The molecule has 0 fully saturated rings. The quantitative estimate of drug-likeness (QED) is 0.376. The Morgan fingerprint density at radius 3 is 2.56 bits per heavy atom. The van der Waals surface area contributed by atoms with E-state index in [1.165, 1.54) is 25.1 Å². The first-order chi connectivity index (χ1) is 15.0. The lowest BCUT2D eigenvalue weighted by atomic mass is 9.78. The maximum atomic E-state index is 14.0. The zero-order valence-electron chi connectivity index (χ0n) is 16.7. The van der Waals surface area contributed by atoms with Crippen molar-refractivity contribution in [2.75, 3.05) is 6.61 Å². The van der Waals surface area contributed by atoms with E-state index < -0.39 is 29.2 Å². The van der Waals surface area contributed by atoms with Gasteiger partial charge in [-0.05, 0) is 47.5 Å². The van der Waals surface area contributed by atoms with Gasteiger partial charge in [-0.3, -0.25) is 0 Å². The summed E-state index contributed by atoms with van der Waals surface area (Å²) in [6.07, 6.45) is -3.98. The number of aliphatic hydroxyl groups is 1. The minimum atomic E-state index is -5.06. The van der Waals surface area contributed by atoms with E-state index in [4.69, 9.17) is 32.5 Å². The Bertz CT molecular complexity index is 1140. The molecule has 3 rings (SSSR count). The van der Waals surface area contributed by atoms with Crippen molar-refractivity contribution in [2.45, 2.75) is 31.5 Å². The fourth-order valence-electron chi connectivity index (χ4n) is 3.15. The van der Waals surface area contributed by atoms with Crippen LogP contribution in [0.2, 0.25) is 10.2 Å². The van der Waals surface area contributed by atoms with Crippen LogP contribution >= 0.6 is 23.2 Å². The molecule has 170 valence electrons. The predicted octanol–water partition coefficient (Wildman–Crippen LogP) is 5.17. The van der Waals surface area contributed by atoms with Crippen LogP contribution in [0.5, 0.6) is 0 Å². The Labute approximate surface area is 190 Å². The van der Waals surface area contributed by atoms with Gasteiger partial charge in [0.05, 0.1) is 6.61 Å². The van der Waals surface area contributed by atoms with E-state index in [1.807, 2.05) is 0 Å². The molecule has 2 unspecified atom stereocenters. The van der Waals surface area contributed by atoms with Crippen LogP contribution in [0, 0.1) is 0 Å². The number of esters is 1. The normalized spacial score (nSPS) is 14.6. The molecule has 0 spiro atoms. The largest absolute Gasteiger partial charge is 0.460 e. The Balaban J connectivity index is 1.99. The summed E-state index contributed by atoms with van der Waals surface area (Å²) in [7, 11) is 0. The van der Waals surface area contributed by atoms with Gasteiger partial charge in [-0.1, -0.05) is 36.2 Å². The first-order valence-electron chi connectivity index (χ1n) is 9.20. The van der Waals surface area contributed by atoms with E-state index >= 15 is 0 Å². The van der Waals surface area contributed by atoms with Gasteiger partial charge in [0.1, 0.15) is 5.15 Å². The van der Waals surface area contributed by atoms with Crippen molar-refractivity contribution < 1.29 is 32.3 Å². The predicted molar refractivity (Wildman–Crippen MR) is 108 cm³/mol. The summed E-state index contributed by atoms with van der Waals surface area (Å²) >= 11 is 12.0. The van der Waals surface area contributed by atoms with Gasteiger partial charge in [0, 0.05) is 22.7 Å². The van der Waals surface area contributed by atoms with Gasteiger partial charge >= 0.3 is 12.1 Å². The second kappa shape index (κ2) is 9.05. The van der Waals surface area contributed by atoms with Gasteiger partial charge in [0.15, 0.2) is 5.60 Å². The zero-order chi connectivity index (χ0) is 23.7. The van der Waals surface area contributed by atoms with E-state index in [0.717, 1.165) is 18.3 Å². The second-order valence-electron chi connectivity index (χ2n) is 6.73. The number of hydrogen-bond donors (Lipinski definition) is 1. The summed E-state index contributed by atoms with van der Waals surface area (Å²) in [5, 5.41) is 14.0. The lowest BCUT2D eigenvalue weighted by molar-refractivity contribution is -0.274. The third kappa shape index (κ3) is 4.43. The molecule has 0 amide bonds. The van der Waals surface area contributed by atoms with Gasteiger partial charge in [0.2, 0.25) is 0 Å². The molecule has 0 aliphatic carbocycles. The molecule has 0 aliphatic heterocycles. The van der Waals surface area contributed by atoms with Crippen LogP contribution in [0.15, 0.2) is 41.1 Å². The number of carbonyl (C=O) groups is 1. The second-order valence-corrected chi connectivity index (χ2v) is 7.53. The molecule has 0 bridgehead atoms. The smallest absolute Gasteiger partial charge is 0.422 e. The van der Waals surface area contributed by atoms with E-state index in [9.17, 15) is 23.1 Å². The number of alkyl halides is 3. The van der Waals surface area contributed by atoms with Gasteiger partial charge in [-0.25, -0.2) is 9.78 Å². The Kier molecular flexibility index (Phi) is 6.77. The number of pyridine rings is 1. The topological polar surface area (TPSA) is 98.3 Å². The number of aromatic nitrogens is 3. The molecule has 2 atom stereocenters. The van der Waals surface area contributed by atoms with Crippen molar-refractivity contribution in [2.24, 2.45) is 0 Å². The molecule has 0 radical (unpaired) electrons. The highest BCUT2D eigenvalue weighted by atomic mass is 35.5. The van der Waals surface area contributed by atoms with Crippen molar-refractivity contribution in [1.82, 2.24) is 15.1 Å². The standard InChI is InChI=1S/C20H16Cl2F3N3O4/c1-3-31-18(29)16-27-17(32-28-16)11-4-5-13(14(21)8-11)10(2)19(30,20(23,24)25)12-6-7-26-15(22)9-12/h4-10,30H,3H2,1-2H3. The third-order valence-electron chi connectivity index (χ3n) is 4.82. The number of nitrogens with zero attached hydrogens (tertiary/aromatic N) is 3. The fourth-order valence-corrected chi connectivity index (χ4v) is 3.67. The lowest BCUT2D eigenvalue weighted by Crippen LogP contribution is -2.46. The highest BCUT2D eigenvalue weighted by Gasteiger charge is 2.59. The minimum absolute atomic E-state index is 0.00769. The summed E-state index contributed by atoms with van der Waals surface area (Å²) < 4.78 is 51.9. The first kappa shape index (κ1) is 24.0. The zero-order valence-corrected chi connectivity index (χ0v) is 18.2. The van der Waals surface area contributed by atoms with E-state index in [2.05, 4.69) is 15.1 Å². The van der Waals surface area contributed by atoms with Crippen LogP contribution in [0.1, 0.15) is 41.5 Å². The molecule has 2 heterocycles. The molecule has 0 saturated carbocycles. The molecule has 2 aromatic heterocycles. The van der Waals surface area contributed by atoms with Crippen LogP contribution in [0.4, 0.5) is 13.2 Å². The van der Waals surface area contributed by atoms with Gasteiger partial charge in [0.25, 0.3) is 11.7 Å². The molecular weight excluding hydrogens is 474 g/mol. The SMILES string of the molecule is CCOC(=O)c1noc(-c2ccc(C(C)C(O)(c3ccnc(Cl)c3)C(F)(F)F)c(Cl)c2)n1. The Morgan fingerprint density at radius 2 is 1.97 bits per heavy atom. The number of ether oxygens (including phenoxy) is 1. The molecule has 0 aliphatic rings. The minimum Gasteiger partial charge on any atom is -0.460 e. The number of halogens is 5. The molecule has 0 saturated heterocycles. The average Bonchev–Trinajstić information content (AvgIpc) is 3.22. The molecule has 32 heavy (non-hydrogen) atoms. The summed E-state index contributed by atoms with van der Waals surface area (Å²) in [5.41, 5.74) is -3.51. The van der Waals surface area contributed by atoms with Gasteiger partial charge in [-0.15, -0.1) is 0 Å². The summed E-state index contributed by atoms with van der Waals surface area (Å²) in [5.74, 6) is -2.71. The maximum Gasteiger partial charge on any atom is 0.422 e. The average molecular weight is 490 g/mol. The molecule has 12 heteroatoms. The van der Waals surface area contributed by atoms with Crippen molar-refractivity contribution in [3.8, 4) is 11.5 Å². The summed E-state index contributed by atoms with van der Waals surface area (Å²) in [6, 6.07) is 5.97. The monoisotopic (exact) mass is 489 g/mol. The van der Waals surface area contributed by atoms with Crippen LogP contribution < -0.4 is 0 Å². The van der Waals surface area contributed by atoms with Crippen molar-refractivity contribution in [3.05, 3.63) is 63.7 Å². The van der Waals surface area contributed by atoms with Crippen molar-refractivity contribution >= 4 is 29.2 Å². The Morgan fingerprint density at radius 1 is 1.25 bits per heavy atom. The van der Waals surface area contributed by atoms with Crippen molar-refractivity contribution in [3.63, 3.8) is 0 Å². The van der Waals surface area contributed by atoms with E-state index in [1.54, 1.807) is 6.92 Å². The highest BCUT2D eigenvalue weighted by Crippen LogP contribution is 2.50. The molecule has 1 aromatic carbocycles. The van der Waals surface area contributed by atoms with E-state index in [-0.39, 0.29) is 39.6 Å². The fraction of sp³-hybridized carbons (Fsp3) is 0.300. The van der Waals surface area contributed by atoms with Gasteiger partial charge < -0.3 is 14.4 Å². The number of benzene rings is 1. The molecule has 1 N–H and O–H groups in total. The number of hydrogen-bond acceptors (Lipinski definition) is 7. The molecular formula is C20H16Cl2F3N3O4. The lowest BCUT2D eigenvalue weighted by Gasteiger charge is -2.37. The first-order valence-corrected chi connectivity index (χ1v) is 9.96. The van der Waals surface area contributed by atoms with Crippen LogP contribution in [0.3, 0.4) is 0 Å². The Hall–Kier alpha value is -2.69. The van der Waals surface area contributed by atoms with E-state index in [0.29, 0.717) is 0 Å². The summed E-state index contributed by atoms with van der Waals surface area (Å²) in [6.45, 7) is 2.92.